The monoisotopic (exact) mass is 314 g/mol. The number of amides is 2. The average Bonchev–Trinajstić information content (AvgIpc) is 3.00. The molecule has 2 amide bonds. The number of methoxy groups -OCH3 is 1. The number of rotatable bonds is 3. The standard InChI is InChI=1S/C16H18N4O3/c1-11-9-12(18-17-11)16(22)19-7-8-20(15(21)10-19)13-5-3-4-6-14(13)23-2/h3-6,9H,7-8,10H2,1-2H3,(H,17,18). The number of carbonyl (C=O) groups is 2. The molecule has 0 unspecified atom stereocenters. The second-order valence-corrected chi connectivity index (χ2v) is 5.38. The van der Waals surface area contributed by atoms with Gasteiger partial charge in [0.15, 0.2) is 0 Å². The summed E-state index contributed by atoms with van der Waals surface area (Å²) in [5, 5.41) is 6.70. The highest BCUT2D eigenvalue weighted by molar-refractivity contribution is 6.01. The van der Waals surface area contributed by atoms with E-state index in [1.54, 1.807) is 18.1 Å². The Morgan fingerprint density at radius 1 is 1.30 bits per heavy atom. The summed E-state index contributed by atoms with van der Waals surface area (Å²) in [6.07, 6.45) is 0. The molecule has 0 radical (unpaired) electrons. The molecule has 1 fully saturated rings. The molecular weight excluding hydrogens is 296 g/mol. The first-order valence-corrected chi connectivity index (χ1v) is 7.35. The van der Waals surface area contributed by atoms with E-state index in [1.165, 1.54) is 4.90 Å². The lowest BCUT2D eigenvalue weighted by molar-refractivity contribution is -0.120. The van der Waals surface area contributed by atoms with Crippen molar-refractivity contribution in [2.45, 2.75) is 6.92 Å². The minimum atomic E-state index is -0.234. The summed E-state index contributed by atoms with van der Waals surface area (Å²) >= 11 is 0. The zero-order valence-corrected chi connectivity index (χ0v) is 13.1. The zero-order chi connectivity index (χ0) is 16.4. The molecule has 1 saturated heterocycles. The molecule has 120 valence electrons. The molecular formula is C16H18N4O3. The third kappa shape index (κ3) is 2.90. The van der Waals surface area contributed by atoms with Crippen LogP contribution >= 0.6 is 0 Å². The Hall–Kier alpha value is -2.83. The van der Waals surface area contributed by atoms with Gasteiger partial charge in [0.05, 0.1) is 12.8 Å². The molecule has 2 heterocycles. The van der Waals surface area contributed by atoms with Crippen molar-refractivity contribution >= 4 is 17.5 Å². The molecule has 7 heteroatoms. The number of para-hydroxylation sites is 2. The van der Waals surface area contributed by atoms with Gasteiger partial charge in [-0.3, -0.25) is 14.7 Å². The van der Waals surface area contributed by atoms with E-state index in [1.807, 2.05) is 31.2 Å². The lowest BCUT2D eigenvalue weighted by atomic mass is 10.2. The maximum Gasteiger partial charge on any atom is 0.274 e. The number of H-pyrrole nitrogens is 1. The number of piperazine rings is 1. The number of aromatic nitrogens is 2. The quantitative estimate of drug-likeness (QED) is 0.924. The SMILES string of the molecule is COc1ccccc1N1CCN(C(=O)c2cc(C)[nH]n2)CC1=O. The van der Waals surface area contributed by atoms with Crippen LogP contribution in [0.1, 0.15) is 16.2 Å². The second-order valence-electron chi connectivity index (χ2n) is 5.38. The van der Waals surface area contributed by atoms with Crippen LogP contribution in [-0.4, -0.2) is 53.7 Å². The Morgan fingerprint density at radius 2 is 2.09 bits per heavy atom. The highest BCUT2D eigenvalue weighted by atomic mass is 16.5. The number of aromatic amines is 1. The van der Waals surface area contributed by atoms with Crippen LogP contribution in [0.2, 0.25) is 0 Å². The molecule has 1 aliphatic rings. The van der Waals surface area contributed by atoms with Gasteiger partial charge in [-0.1, -0.05) is 12.1 Å². The molecule has 1 aromatic heterocycles. The van der Waals surface area contributed by atoms with E-state index in [9.17, 15) is 9.59 Å². The fraction of sp³-hybridized carbons (Fsp3) is 0.312. The van der Waals surface area contributed by atoms with Crippen molar-refractivity contribution < 1.29 is 14.3 Å². The van der Waals surface area contributed by atoms with E-state index in [-0.39, 0.29) is 18.4 Å². The second kappa shape index (κ2) is 6.12. The first kappa shape index (κ1) is 15.1. The molecule has 0 aliphatic carbocycles. The van der Waals surface area contributed by atoms with Crippen LogP contribution < -0.4 is 9.64 Å². The summed E-state index contributed by atoms with van der Waals surface area (Å²) in [4.78, 5) is 28.0. The molecule has 23 heavy (non-hydrogen) atoms. The lowest BCUT2D eigenvalue weighted by Gasteiger charge is -2.34. The smallest absolute Gasteiger partial charge is 0.274 e. The van der Waals surface area contributed by atoms with Gasteiger partial charge in [-0.05, 0) is 25.1 Å². The van der Waals surface area contributed by atoms with Gasteiger partial charge in [0.2, 0.25) is 5.91 Å². The average molecular weight is 314 g/mol. The molecule has 0 saturated carbocycles. The van der Waals surface area contributed by atoms with Gasteiger partial charge in [-0.15, -0.1) is 0 Å². The van der Waals surface area contributed by atoms with E-state index >= 15 is 0 Å². The van der Waals surface area contributed by atoms with Crippen molar-refractivity contribution in [2.75, 3.05) is 31.6 Å². The Bertz CT molecular complexity index is 740. The number of carbonyl (C=O) groups excluding carboxylic acids is 2. The number of nitrogens with zero attached hydrogens (tertiary/aromatic N) is 3. The Labute approximate surface area is 133 Å². The van der Waals surface area contributed by atoms with E-state index in [0.717, 1.165) is 11.4 Å². The van der Waals surface area contributed by atoms with E-state index < -0.39 is 0 Å². The van der Waals surface area contributed by atoms with Gasteiger partial charge >= 0.3 is 0 Å². The van der Waals surface area contributed by atoms with Crippen molar-refractivity contribution in [3.8, 4) is 5.75 Å². The maximum absolute atomic E-state index is 12.5. The molecule has 3 rings (SSSR count). The molecule has 0 bridgehead atoms. The van der Waals surface area contributed by atoms with E-state index in [2.05, 4.69) is 10.2 Å². The van der Waals surface area contributed by atoms with Crippen molar-refractivity contribution in [1.29, 1.82) is 0 Å². The van der Waals surface area contributed by atoms with Crippen molar-refractivity contribution in [3.63, 3.8) is 0 Å². The fourth-order valence-corrected chi connectivity index (χ4v) is 2.64. The van der Waals surface area contributed by atoms with E-state index in [0.29, 0.717) is 24.5 Å². The molecule has 0 spiro atoms. The van der Waals surface area contributed by atoms with Crippen LogP contribution in [0.3, 0.4) is 0 Å². The van der Waals surface area contributed by atoms with Crippen LogP contribution in [0.25, 0.3) is 0 Å². The van der Waals surface area contributed by atoms with Crippen LogP contribution in [-0.2, 0) is 4.79 Å². The normalized spacial score (nSPS) is 15.0. The summed E-state index contributed by atoms with van der Waals surface area (Å²) in [6, 6.07) is 9.04. The zero-order valence-electron chi connectivity index (χ0n) is 13.1. The van der Waals surface area contributed by atoms with Gasteiger partial charge < -0.3 is 14.5 Å². The number of benzene rings is 1. The van der Waals surface area contributed by atoms with Crippen LogP contribution in [0.4, 0.5) is 5.69 Å². The number of aryl methyl sites for hydroxylation is 1. The predicted octanol–water partition coefficient (Wildman–Crippen LogP) is 1.22. The van der Waals surface area contributed by atoms with Gasteiger partial charge in [0.1, 0.15) is 18.0 Å². The molecule has 0 atom stereocenters. The Balaban J connectivity index is 1.75. The summed E-state index contributed by atoms with van der Waals surface area (Å²) < 4.78 is 5.30. The summed E-state index contributed by atoms with van der Waals surface area (Å²) in [5.74, 6) is 0.271. The van der Waals surface area contributed by atoms with Crippen LogP contribution in [0.5, 0.6) is 5.75 Å². The number of hydrogen-bond acceptors (Lipinski definition) is 4. The molecule has 1 aromatic carbocycles. The number of hydrogen-bond donors (Lipinski definition) is 1. The van der Waals surface area contributed by atoms with Crippen molar-refractivity contribution in [1.82, 2.24) is 15.1 Å². The molecule has 7 nitrogen and oxygen atoms in total. The number of anilines is 1. The van der Waals surface area contributed by atoms with Crippen LogP contribution in [0.15, 0.2) is 30.3 Å². The maximum atomic E-state index is 12.5. The summed E-state index contributed by atoms with van der Waals surface area (Å²) in [5.41, 5.74) is 1.87. The van der Waals surface area contributed by atoms with Crippen molar-refractivity contribution in [2.24, 2.45) is 0 Å². The molecule has 2 aromatic rings. The third-order valence-corrected chi connectivity index (χ3v) is 3.81. The number of nitrogens with one attached hydrogen (secondary N) is 1. The minimum Gasteiger partial charge on any atom is -0.495 e. The van der Waals surface area contributed by atoms with E-state index in [4.69, 9.17) is 4.74 Å². The van der Waals surface area contributed by atoms with Gasteiger partial charge in [-0.2, -0.15) is 5.10 Å². The number of ether oxygens (including phenoxy) is 1. The van der Waals surface area contributed by atoms with Gasteiger partial charge in [0, 0.05) is 18.8 Å². The van der Waals surface area contributed by atoms with Crippen LogP contribution in [0, 0.1) is 6.92 Å². The summed E-state index contributed by atoms with van der Waals surface area (Å²) in [6.45, 7) is 2.74. The predicted molar refractivity (Wildman–Crippen MR) is 84.6 cm³/mol. The van der Waals surface area contributed by atoms with Crippen molar-refractivity contribution in [3.05, 3.63) is 41.7 Å². The first-order chi connectivity index (χ1) is 11.1. The first-order valence-electron chi connectivity index (χ1n) is 7.35. The highest BCUT2D eigenvalue weighted by Crippen LogP contribution is 2.28. The molecule has 1 N–H and O–H groups in total. The fourth-order valence-electron chi connectivity index (χ4n) is 2.64. The minimum absolute atomic E-state index is 0.0305. The Morgan fingerprint density at radius 3 is 2.74 bits per heavy atom. The third-order valence-electron chi connectivity index (χ3n) is 3.81. The topological polar surface area (TPSA) is 78.5 Å². The highest BCUT2D eigenvalue weighted by Gasteiger charge is 2.30. The lowest BCUT2D eigenvalue weighted by Crippen LogP contribution is -2.52. The van der Waals surface area contributed by atoms with Gasteiger partial charge in [0.25, 0.3) is 5.91 Å². The van der Waals surface area contributed by atoms with Gasteiger partial charge in [-0.25, -0.2) is 0 Å². The Kier molecular flexibility index (Phi) is 4.01. The largest absolute Gasteiger partial charge is 0.495 e. The molecule has 1 aliphatic heterocycles. The summed E-state index contributed by atoms with van der Waals surface area (Å²) in [7, 11) is 1.57.